The molecule has 2 heteroatoms. The van der Waals surface area contributed by atoms with E-state index in [0.29, 0.717) is 0 Å². The zero-order valence-electron chi connectivity index (χ0n) is 5.73. The van der Waals surface area contributed by atoms with Crippen LogP contribution in [0.2, 0.25) is 0 Å². The summed E-state index contributed by atoms with van der Waals surface area (Å²) in [6, 6.07) is 0. The predicted octanol–water partition coefficient (Wildman–Crippen LogP) is 1.99. The first-order valence-corrected chi connectivity index (χ1v) is 4.04. The molecule has 1 aliphatic rings. The topological polar surface area (TPSA) is 17.1 Å². The molecular weight excluding hydrogens is 132 g/mol. The summed E-state index contributed by atoms with van der Waals surface area (Å²) in [5, 5.41) is 0. The Hall–Kier alpha value is -0.240. The zero-order chi connectivity index (χ0) is 6.85. The summed E-state index contributed by atoms with van der Waals surface area (Å²) in [7, 11) is 0. The molecule has 0 N–H and O–H groups in total. The van der Waals surface area contributed by atoms with Gasteiger partial charge in [0.1, 0.15) is 0 Å². The lowest BCUT2D eigenvalue weighted by Gasteiger charge is -1.93. The maximum atomic E-state index is 10.8. The lowest BCUT2D eigenvalue weighted by Crippen LogP contribution is -1.90. The Labute approximate surface area is 59.5 Å². The van der Waals surface area contributed by atoms with Crippen LogP contribution in [0.5, 0.6) is 0 Å². The van der Waals surface area contributed by atoms with E-state index in [0.717, 1.165) is 17.1 Å². The number of carbonyl (C=O) groups excluding carboxylic acids is 1. The average molecular weight is 142 g/mol. The third-order valence-electron chi connectivity index (χ3n) is 1.43. The van der Waals surface area contributed by atoms with Crippen LogP contribution in [-0.2, 0) is 4.79 Å². The second kappa shape index (κ2) is 2.56. The van der Waals surface area contributed by atoms with E-state index in [2.05, 4.69) is 0 Å². The molecule has 9 heavy (non-hydrogen) atoms. The van der Waals surface area contributed by atoms with Gasteiger partial charge in [-0.05, 0) is 20.3 Å². The standard InChI is InChI=1S/C7H10OS/c1-5-3-4-9-7(5)6(2)8/h3-4H2,1-2H3. The van der Waals surface area contributed by atoms with Gasteiger partial charge in [-0.1, -0.05) is 5.57 Å². The van der Waals surface area contributed by atoms with Crippen LogP contribution in [0.4, 0.5) is 0 Å². The summed E-state index contributed by atoms with van der Waals surface area (Å²) in [5.41, 5.74) is 1.27. The van der Waals surface area contributed by atoms with Gasteiger partial charge in [-0.3, -0.25) is 4.79 Å². The number of Topliss-reactive ketones (excluding diaryl/α,β-unsaturated/α-hetero) is 1. The lowest BCUT2D eigenvalue weighted by atomic mass is 10.2. The fourth-order valence-electron chi connectivity index (χ4n) is 0.945. The van der Waals surface area contributed by atoms with E-state index in [1.807, 2.05) is 6.92 Å². The van der Waals surface area contributed by atoms with Gasteiger partial charge in [-0.25, -0.2) is 0 Å². The summed E-state index contributed by atoms with van der Waals surface area (Å²) in [5.74, 6) is 1.33. The van der Waals surface area contributed by atoms with E-state index in [4.69, 9.17) is 0 Å². The lowest BCUT2D eigenvalue weighted by molar-refractivity contribution is -0.113. The van der Waals surface area contributed by atoms with E-state index in [9.17, 15) is 4.79 Å². The van der Waals surface area contributed by atoms with Gasteiger partial charge in [0.2, 0.25) is 0 Å². The zero-order valence-corrected chi connectivity index (χ0v) is 6.55. The molecule has 0 amide bonds. The minimum atomic E-state index is 0.231. The Balaban J connectivity index is 2.78. The summed E-state index contributed by atoms with van der Waals surface area (Å²) in [6.07, 6.45) is 1.10. The van der Waals surface area contributed by atoms with E-state index in [-0.39, 0.29) is 5.78 Å². The normalized spacial score (nSPS) is 18.9. The number of rotatable bonds is 1. The highest BCUT2D eigenvalue weighted by Crippen LogP contribution is 2.30. The molecule has 0 aromatic heterocycles. The molecule has 1 aliphatic heterocycles. The summed E-state index contributed by atoms with van der Waals surface area (Å²) in [4.78, 5) is 11.8. The van der Waals surface area contributed by atoms with Gasteiger partial charge in [0.15, 0.2) is 5.78 Å². The van der Waals surface area contributed by atoms with Gasteiger partial charge in [-0.2, -0.15) is 0 Å². The molecule has 0 saturated heterocycles. The van der Waals surface area contributed by atoms with Crippen LogP contribution < -0.4 is 0 Å². The van der Waals surface area contributed by atoms with Crippen molar-refractivity contribution in [1.82, 2.24) is 0 Å². The number of hydrogen-bond donors (Lipinski definition) is 0. The van der Waals surface area contributed by atoms with E-state index in [1.54, 1.807) is 18.7 Å². The van der Waals surface area contributed by atoms with Gasteiger partial charge >= 0.3 is 0 Å². The second-order valence-corrected chi connectivity index (χ2v) is 3.37. The largest absolute Gasteiger partial charge is 0.294 e. The van der Waals surface area contributed by atoms with Crippen molar-refractivity contribution in [3.8, 4) is 0 Å². The van der Waals surface area contributed by atoms with Crippen LogP contribution in [0.1, 0.15) is 20.3 Å². The van der Waals surface area contributed by atoms with Crippen LogP contribution in [0.15, 0.2) is 10.5 Å². The smallest absolute Gasteiger partial charge is 0.166 e. The molecule has 0 atom stereocenters. The first-order chi connectivity index (χ1) is 4.22. The van der Waals surface area contributed by atoms with Gasteiger partial charge < -0.3 is 0 Å². The quantitative estimate of drug-likeness (QED) is 0.557. The van der Waals surface area contributed by atoms with Crippen molar-refractivity contribution in [2.75, 3.05) is 5.75 Å². The van der Waals surface area contributed by atoms with E-state index in [1.165, 1.54) is 5.57 Å². The van der Waals surface area contributed by atoms with Crippen molar-refractivity contribution >= 4 is 17.5 Å². The molecule has 0 fully saturated rings. The predicted molar refractivity (Wildman–Crippen MR) is 40.5 cm³/mol. The molecule has 1 heterocycles. The van der Waals surface area contributed by atoms with Crippen LogP contribution in [-0.4, -0.2) is 11.5 Å². The molecule has 0 unspecified atom stereocenters. The molecule has 0 aromatic rings. The Kier molecular flexibility index (Phi) is 1.96. The van der Waals surface area contributed by atoms with E-state index < -0.39 is 0 Å². The third kappa shape index (κ3) is 1.36. The van der Waals surface area contributed by atoms with Crippen LogP contribution >= 0.6 is 11.8 Å². The monoisotopic (exact) mass is 142 g/mol. The van der Waals surface area contributed by atoms with Gasteiger partial charge in [0.25, 0.3) is 0 Å². The summed E-state index contributed by atoms with van der Waals surface area (Å²) < 4.78 is 0. The molecule has 1 nitrogen and oxygen atoms in total. The number of carbonyl (C=O) groups is 1. The van der Waals surface area contributed by atoms with Crippen molar-refractivity contribution < 1.29 is 4.79 Å². The molecule has 0 radical (unpaired) electrons. The van der Waals surface area contributed by atoms with Crippen molar-refractivity contribution in [2.45, 2.75) is 20.3 Å². The first-order valence-electron chi connectivity index (χ1n) is 3.05. The Morgan fingerprint density at radius 2 is 2.33 bits per heavy atom. The average Bonchev–Trinajstić information content (AvgIpc) is 2.13. The first kappa shape index (κ1) is 6.87. The molecule has 0 saturated carbocycles. The van der Waals surface area contributed by atoms with Crippen molar-refractivity contribution in [3.05, 3.63) is 10.5 Å². The highest BCUT2D eigenvalue weighted by Gasteiger charge is 2.14. The van der Waals surface area contributed by atoms with Crippen LogP contribution in [0, 0.1) is 0 Å². The minimum Gasteiger partial charge on any atom is -0.294 e. The van der Waals surface area contributed by atoms with Gasteiger partial charge in [0.05, 0.1) is 0 Å². The second-order valence-electron chi connectivity index (χ2n) is 2.26. The number of allylic oxidation sites excluding steroid dienone is 2. The Bertz CT molecular complexity index is 170. The maximum Gasteiger partial charge on any atom is 0.166 e. The SMILES string of the molecule is CC(=O)C1=C(C)CCS1. The third-order valence-corrected chi connectivity index (χ3v) is 2.76. The summed E-state index contributed by atoms with van der Waals surface area (Å²) >= 11 is 1.69. The molecule has 0 bridgehead atoms. The Morgan fingerprint density at radius 3 is 2.56 bits per heavy atom. The minimum absolute atomic E-state index is 0.231. The summed E-state index contributed by atoms with van der Waals surface area (Å²) in [6.45, 7) is 3.67. The highest BCUT2D eigenvalue weighted by atomic mass is 32.2. The highest BCUT2D eigenvalue weighted by molar-refractivity contribution is 8.04. The fraction of sp³-hybridized carbons (Fsp3) is 0.571. The molecular formula is C7H10OS. The molecule has 1 rings (SSSR count). The molecule has 0 aromatic carbocycles. The van der Waals surface area contributed by atoms with Gasteiger partial charge in [0, 0.05) is 10.7 Å². The number of hydrogen-bond acceptors (Lipinski definition) is 2. The van der Waals surface area contributed by atoms with Crippen LogP contribution in [0.3, 0.4) is 0 Å². The number of thioether (sulfide) groups is 1. The maximum absolute atomic E-state index is 10.8. The number of ketones is 1. The fourth-order valence-corrected chi connectivity index (χ4v) is 2.11. The molecule has 50 valence electrons. The Morgan fingerprint density at radius 1 is 1.67 bits per heavy atom. The molecule has 0 spiro atoms. The van der Waals surface area contributed by atoms with Gasteiger partial charge in [-0.15, -0.1) is 11.8 Å². The van der Waals surface area contributed by atoms with Crippen molar-refractivity contribution in [1.29, 1.82) is 0 Å². The van der Waals surface area contributed by atoms with Crippen LogP contribution in [0.25, 0.3) is 0 Å². The van der Waals surface area contributed by atoms with E-state index >= 15 is 0 Å². The molecule has 0 aliphatic carbocycles. The van der Waals surface area contributed by atoms with Crippen molar-refractivity contribution in [3.63, 3.8) is 0 Å². The van der Waals surface area contributed by atoms with Crippen molar-refractivity contribution in [2.24, 2.45) is 0 Å².